The van der Waals surface area contributed by atoms with Gasteiger partial charge in [-0.15, -0.1) is 0 Å². The molecule has 0 radical (unpaired) electrons. The first kappa shape index (κ1) is 18.3. The van der Waals surface area contributed by atoms with E-state index in [2.05, 4.69) is 34.3 Å². The molecule has 0 saturated heterocycles. The molecular weight excluding hydrogens is 344 g/mol. The van der Waals surface area contributed by atoms with Gasteiger partial charge in [-0.3, -0.25) is 9.89 Å². The van der Waals surface area contributed by atoms with Crippen LogP contribution in [0.25, 0.3) is 11.3 Å². The Morgan fingerprint density at radius 3 is 2.41 bits per heavy atom. The van der Waals surface area contributed by atoms with Crippen LogP contribution in [0.15, 0.2) is 48.5 Å². The molecule has 0 fully saturated rings. The van der Waals surface area contributed by atoms with Gasteiger partial charge in [0.05, 0.1) is 5.69 Å². The van der Waals surface area contributed by atoms with E-state index in [1.807, 2.05) is 24.3 Å². The van der Waals surface area contributed by atoms with Crippen molar-refractivity contribution in [3.63, 3.8) is 0 Å². The van der Waals surface area contributed by atoms with Crippen LogP contribution in [-0.4, -0.2) is 39.4 Å². The third-order valence-corrected chi connectivity index (χ3v) is 4.33. The van der Waals surface area contributed by atoms with Gasteiger partial charge in [-0.05, 0) is 56.3 Å². The molecule has 140 valence electrons. The number of carbonyl (C=O) groups excluding carboxylic acids is 1. The van der Waals surface area contributed by atoms with Crippen molar-refractivity contribution >= 4 is 17.3 Å². The molecule has 0 bridgehead atoms. The number of phenolic OH excluding ortho intramolecular Hbond substituents is 2. The summed E-state index contributed by atoms with van der Waals surface area (Å²) in [5, 5.41) is 28.8. The molecule has 3 rings (SSSR count). The van der Waals surface area contributed by atoms with Crippen LogP contribution in [0.5, 0.6) is 11.5 Å². The topological polar surface area (TPSA) is 101 Å². The molecule has 0 atom stereocenters. The Bertz CT molecular complexity index is 931. The summed E-state index contributed by atoms with van der Waals surface area (Å²) in [6.07, 6.45) is 0. The van der Waals surface area contributed by atoms with Crippen molar-refractivity contribution in [2.45, 2.75) is 13.8 Å². The van der Waals surface area contributed by atoms with Gasteiger partial charge < -0.3 is 20.4 Å². The van der Waals surface area contributed by atoms with Crippen molar-refractivity contribution in [3.05, 3.63) is 54.2 Å². The summed E-state index contributed by atoms with van der Waals surface area (Å²) < 4.78 is 0. The summed E-state index contributed by atoms with van der Waals surface area (Å²) in [4.78, 5) is 14.7. The monoisotopic (exact) mass is 366 g/mol. The highest BCUT2D eigenvalue weighted by atomic mass is 16.3. The average molecular weight is 366 g/mol. The Balaban J connectivity index is 1.73. The zero-order chi connectivity index (χ0) is 19.4. The van der Waals surface area contributed by atoms with Gasteiger partial charge in [-0.2, -0.15) is 5.10 Å². The number of carbonyl (C=O) groups is 1. The maximum atomic E-state index is 12.4. The van der Waals surface area contributed by atoms with Gasteiger partial charge in [0, 0.05) is 36.1 Å². The van der Waals surface area contributed by atoms with E-state index in [0.29, 0.717) is 16.9 Å². The summed E-state index contributed by atoms with van der Waals surface area (Å²) in [7, 11) is 0. The van der Waals surface area contributed by atoms with E-state index in [1.54, 1.807) is 6.07 Å². The van der Waals surface area contributed by atoms with E-state index in [0.717, 1.165) is 18.8 Å². The Morgan fingerprint density at radius 1 is 1.07 bits per heavy atom. The van der Waals surface area contributed by atoms with Gasteiger partial charge in [0.15, 0.2) is 0 Å². The summed E-state index contributed by atoms with van der Waals surface area (Å²) in [5.41, 5.74) is 2.88. The van der Waals surface area contributed by atoms with Gasteiger partial charge in [0.25, 0.3) is 5.91 Å². The fraction of sp³-hybridized carbons (Fsp3) is 0.200. The number of aromatic hydroxyl groups is 2. The molecule has 1 heterocycles. The van der Waals surface area contributed by atoms with E-state index in [1.165, 1.54) is 18.2 Å². The second-order valence-electron chi connectivity index (χ2n) is 6.04. The normalized spacial score (nSPS) is 10.6. The molecule has 0 spiro atoms. The van der Waals surface area contributed by atoms with Crippen LogP contribution in [-0.2, 0) is 0 Å². The lowest BCUT2D eigenvalue weighted by molar-refractivity contribution is 0.102. The number of amides is 1. The van der Waals surface area contributed by atoms with E-state index >= 15 is 0 Å². The summed E-state index contributed by atoms with van der Waals surface area (Å²) in [6.45, 7) is 6.04. The highest BCUT2D eigenvalue weighted by Gasteiger charge is 2.14. The van der Waals surface area contributed by atoms with Crippen LogP contribution in [0.2, 0.25) is 0 Å². The minimum absolute atomic E-state index is 0.0436. The van der Waals surface area contributed by atoms with Gasteiger partial charge in [-0.25, -0.2) is 0 Å². The largest absolute Gasteiger partial charge is 0.508 e. The average Bonchev–Trinajstić information content (AvgIpc) is 3.14. The first-order valence-corrected chi connectivity index (χ1v) is 8.76. The van der Waals surface area contributed by atoms with Crippen LogP contribution >= 0.6 is 0 Å². The van der Waals surface area contributed by atoms with Crippen molar-refractivity contribution in [3.8, 4) is 22.8 Å². The van der Waals surface area contributed by atoms with E-state index < -0.39 is 0 Å². The Labute approximate surface area is 157 Å². The van der Waals surface area contributed by atoms with Crippen molar-refractivity contribution < 1.29 is 15.0 Å². The Hall–Kier alpha value is -3.48. The van der Waals surface area contributed by atoms with Crippen LogP contribution in [0, 0.1) is 0 Å². The standard InChI is InChI=1S/C20H22N4O3/c1-3-24(4-2)14-7-5-13(6-8-14)21-20(27)18-12-17(22-23-18)16-10-9-15(25)11-19(16)26/h5-12,25-26H,3-4H2,1-2H3,(H,21,27)(H,22,23). The molecule has 27 heavy (non-hydrogen) atoms. The Kier molecular flexibility index (Phi) is 5.30. The smallest absolute Gasteiger partial charge is 0.273 e. The number of phenols is 2. The molecule has 7 heteroatoms. The van der Waals surface area contributed by atoms with Gasteiger partial charge in [-0.1, -0.05) is 0 Å². The quantitative estimate of drug-likeness (QED) is 0.534. The molecule has 0 aliphatic carbocycles. The molecule has 3 aromatic rings. The lowest BCUT2D eigenvalue weighted by atomic mass is 10.1. The SMILES string of the molecule is CCN(CC)c1ccc(NC(=O)c2cc(-c3ccc(O)cc3O)n[nH]2)cc1. The molecule has 0 aliphatic heterocycles. The van der Waals surface area contributed by atoms with Crippen LogP contribution < -0.4 is 10.2 Å². The first-order valence-electron chi connectivity index (χ1n) is 8.76. The highest BCUT2D eigenvalue weighted by molar-refractivity contribution is 6.03. The molecule has 1 amide bonds. The number of benzene rings is 2. The maximum absolute atomic E-state index is 12.4. The molecule has 0 saturated carbocycles. The number of aromatic amines is 1. The fourth-order valence-corrected chi connectivity index (χ4v) is 2.86. The van der Waals surface area contributed by atoms with Gasteiger partial charge in [0.2, 0.25) is 0 Å². The molecule has 2 aromatic carbocycles. The molecule has 4 N–H and O–H groups in total. The van der Waals surface area contributed by atoms with Gasteiger partial charge >= 0.3 is 0 Å². The fourth-order valence-electron chi connectivity index (χ4n) is 2.86. The van der Waals surface area contributed by atoms with Crippen molar-refractivity contribution in [1.29, 1.82) is 0 Å². The lowest BCUT2D eigenvalue weighted by Crippen LogP contribution is -2.21. The number of rotatable bonds is 6. The number of nitrogens with zero attached hydrogens (tertiary/aromatic N) is 2. The number of hydrogen-bond donors (Lipinski definition) is 4. The molecule has 0 unspecified atom stereocenters. The van der Waals surface area contributed by atoms with Crippen molar-refractivity contribution in [2.75, 3.05) is 23.3 Å². The zero-order valence-electron chi connectivity index (χ0n) is 15.2. The van der Waals surface area contributed by atoms with Crippen molar-refractivity contribution in [1.82, 2.24) is 10.2 Å². The van der Waals surface area contributed by atoms with E-state index in [4.69, 9.17) is 0 Å². The maximum Gasteiger partial charge on any atom is 0.273 e. The van der Waals surface area contributed by atoms with E-state index in [-0.39, 0.29) is 23.1 Å². The number of aromatic nitrogens is 2. The third-order valence-electron chi connectivity index (χ3n) is 4.33. The first-order chi connectivity index (χ1) is 13.0. The molecule has 1 aromatic heterocycles. The minimum Gasteiger partial charge on any atom is -0.508 e. The minimum atomic E-state index is -0.331. The van der Waals surface area contributed by atoms with Crippen LogP contribution in [0.4, 0.5) is 11.4 Å². The molecular formula is C20H22N4O3. The summed E-state index contributed by atoms with van der Waals surface area (Å²) in [6, 6.07) is 13.4. The predicted molar refractivity (Wildman–Crippen MR) is 105 cm³/mol. The zero-order valence-corrected chi connectivity index (χ0v) is 15.2. The van der Waals surface area contributed by atoms with Gasteiger partial charge in [0.1, 0.15) is 17.2 Å². The van der Waals surface area contributed by atoms with Crippen molar-refractivity contribution in [2.24, 2.45) is 0 Å². The second-order valence-corrected chi connectivity index (χ2v) is 6.04. The predicted octanol–water partition coefficient (Wildman–Crippen LogP) is 3.59. The Morgan fingerprint density at radius 2 is 1.78 bits per heavy atom. The third kappa shape index (κ3) is 4.03. The lowest BCUT2D eigenvalue weighted by Gasteiger charge is -2.21. The molecule has 7 nitrogen and oxygen atoms in total. The second kappa shape index (κ2) is 7.82. The van der Waals surface area contributed by atoms with Crippen LogP contribution in [0.1, 0.15) is 24.3 Å². The van der Waals surface area contributed by atoms with E-state index in [9.17, 15) is 15.0 Å². The number of hydrogen-bond acceptors (Lipinski definition) is 5. The number of H-pyrrole nitrogens is 1. The van der Waals surface area contributed by atoms with Crippen LogP contribution in [0.3, 0.4) is 0 Å². The molecule has 0 aliphatic rings. The summed E-state index contributed by atoms with van der Waals surface area (Å²) >= 11 is 0. The number of nitrogens with one attached hydrogen (secondary N) is 2. The summed E-state index contributed by atoms with van der Waals surface area (Å²) in [5.74, 6) is -0.485. The number of anilines is 2. The highest BCUT2D eigenvalue weighted by Crippen LogP contribution is 2.31.